The number of phenolic OH excluding ortho intramolecular Hbond substituents is 2. The van der Waals surface area contributed by atoms with Crippen molar-refractivity contribution < 1.29 is 30.0 Å². The van der Waals surface area contributed by atoms with Crippen LogP contribution in [0.25, 0.3) is 0 Å². The molecule has 0 aromatic heterocycles. The fourth-order valence-electron chi connectivity index (χ4n) is 4.23. The fourth-order valence-corrected chi connectivity index (χ4v) is 4.23. The van der Waals surface area contributed by atoms with Crippen molar-refractivity contribution >= 4 is 11.9 Å². The minimum absolute atomic E-state index is 0.175. The predicted molar refractivity (Wildman–Crippen MR) is 77.7 cm³/mol. The first kappa shape index (κ1) is 13.6. The molecule has 6 heteroatoms. The van der Waals surface area contributed by atoms with Crippen LogP contribution < -0.4 is 0 Å². The number of aliphatic carboxylic acids is 2. The van der Waals surface area contributed by atoms with E-state index in [1.165, 1.54) is 24.3 Å². The van der Waals surface area contributed by atoms with Crippen molar-refractivity contribution in [1.29, 1.82) is 0 Å². The molecule has 2 aromatic rings. The number of carboxylic acid groups (broad SMARTS) is 2. The second-order valence-electron chi connectivity index (χ2n) is 5.96. The third-order valence-corrected chi connectivity index (χ3v) is 5.04. The van der Waals surface area contributed by atoms with Crippen LogP contribution in [0.3, 0.4) is 0 Å². The van der Waals surface area contributed by atoms with Gasteiger partial charge in [0, 0.05) is 11.1 Å². The number of carboxylic acids is 2. The van der Waals surface area contributed by atoms with E-state index >= 15 is 0 Å². The van der Waals surface area contributed by atoms with Gasteiger partial charge in [-0.05, 0) is 23.3 Å². The van der Waals surface area contributed by atoms with Gasteiger partial charge < -0.3 is 20.4 Å². The molecule has 2 aromatic carbocycles. The maximum atomic E-state index is 12.0. The molecule has 4 rings (SSSR count). The van der Waals surface area contributed by atoms with Gasteiger partial charge in [-0.3, -0.25) is 9.59 Å². The van der Waals surface area contributed by atoms with Crippen LogP contribution >= 0.6 is 0 Å². The van der Waals surface area contributed by atoms with E-state index in [1.54, 1.807) is 12.1 Å². The van der Waals surface area contributed by atoms with Crippen LogP contribution in [0.2, 0.25) is 0 Å². The van der Waals surface area contributed by atoms with Crippen LogP contribution in [0, 0.1) is 0 Å². The summed E-state index contributed by atoms with van der Waals surface area (Å²) in [5.41, 5.74) is 0.0763. The first-order chi connectivity index (χ1) is 10.9. The van der Waals surface area contributed by atoms with Gasteiger partial charge in [0.2, 0.25) is 0 Å². The Morgan fingerprint density at radius 2 is 1.17 bits per heavy atom. The Morgan fingerprint density at radius 3 is 1.52 bits per heavy atom. The summed E-state index contributed by atoms with van der Waals surface area (Å²) in [6.45, 7) is 0. The van der Waals surface area contributed by atoms with E-state index in [2.05, 4.69) is 0 Å². The minimum Gasteiger partial charge on any atom is -0.508 e. The van der Waals surface area contributed by atoms with Gasteiger partial charge >= 0.3 is 11.9 Å². The van der Waals surface area contributed by atoms with Gasteiger partial charge in [0.25, 0.3) is 0 Å². The number of aromatic hydroxyl groups is 2. The lowest BCUT2D eigenvalue weighted by atomic mass is 9.64. The highest BCUT2D eigenvalue weighted by atomic mass is 16.4. The number of phenols is 2. The summed E-state index contributed by atoms with van der Waals surface area (Å²) in [4.78, 5) is 23.9. The molecule has 2 aliphatic rings. The number of rotatable bonds is 2. The topological polar surface area (TPSA) is 115 Å². The molecule has 6 nitrogen and oxygen atoms in total. The monoisotopic (exact) mass is 312 g/mol. The minimum atomic E-state index is -1.36. The van der Waals surface area contributed by atoms with E-state index in [1.807, 2.05) is 0 Å². The molecule has 0 aliphatic heterocycles. The van der Waals surface area contributed by atoms with Crippen LogP contribution in [0.5, 0.6) is 11.5 Å². The quantitative estimate of drug-likeness (QED) is 0.671. The molecule has 1 spiro atoms. The average Bonchev–Trinajstić information content (AvgIpc) is 2.92. The average molecular weight is 312 g/mol. The van der Waals surface area contributed by atoms with Crippen molar-refractivity contribution in [3.8, 4) is 11.5 Å². The molecule has 23 heavy (non-hydrogen) atoms. The highest BCUT2D eigenvalue weighted by molar-refractivity contribution is 5.92. The molecular formula is C17H12O6. The van der Waals surface area contributed by atoms with E-state index in [9.17, 15) is 30.0 Å². The molecule has 0 heterocycles. The predicted octanol–water partition coefficient (Wildman–Crippen LogP) is 1.75. The first-order valence-corrected chi connectivity index (χ1v) is 7.01. The number of hydrogen-bond acceptors (Lipinski definition) is 4. The molecule has 2 atom stereocenters. The van der Waals surface area contributed by atoms with Gasteiger partial charge in [0.15, 0.2) is 0 Å². The highest BCUT2D eigenvalue weighted by Crippen LogP contribution is 2.63. The number of benzene rings is 2. The maximum absolute atomic E-state index is 12.0. The molecule has 2 unspecified atom stereocenters. The van der Waals surface area contributed by atoms with Crippen LogP contribution in [0.4, 0.5) is 0 Å². The van der Waals surface area contributed by atoms with Gasteiger partial charge in [-0.15, -0.1) is 0 Å². The summed E-state index contributed by atoms with van der Waals surface area (Å²) in [5, 5.41) is 39.5. The summed E-state index contributed by atoms with van der Waals surface area (Å²) < 4.78 is 0. The molecule has 0 saturated heterocycles. The van der Waals surface area contributed by atoms with Crippen LogP contribution in [-0.2, 0) is 15.0 Å². The molecule has 4 bridgehead atoms. The Morgan fingerprint density at radius 1 is 0.783 bits per heavy atom. The van der Waals surface area contributed by atoms with E-state index in [0.29, 0.717) is 11.1 Å². The third kappa shape index (κ3) is 1.38. The number of carbonyl (C=O) groups is 2. The maximum Gasteiger partial charge on any atom is 0.312 e. The van der Waals surface area contributed by atoms with Crippen molar-refractivity contribution in [2.45, 2.75) is 17.3 Å². The Labute approximate surface area is 130 Å². The summed E-state index contributed by atoms with van der Waals surface area (Å²) in [6.07, 6.45) is 0. The van der Waals surface area contributed by atoms with Crippen molar-refractivity contribution in [3.05, 3.63) is 58.7 Å². The van der Waals surface area contributed by atoms with Crippen molar-refractivity contribution in [1.82, 2.24) is 0 Å². The second kappa shape index (κ2) is 4.04. The zero-order valence-corrected chi connectivity index (χ0v) is 11.7. The second-order valence-corrected chi connectivity index (χ2v) is 5.96. The lowest BCUT2D eigenvalue weighted by Gasteiger charge is -2.35. The van der Waals surface area contributed by atoms with E-state index in [0.717, 1.165) is 0 Å². The molecule has 0 radical (unpaired) electrons. The zero-order chi connectivity index (χ0) is 16.5. The lowest BCUT2D eigenvalue weighted by Crippen LogP contribution is -2.41. The lowest BCUT2D eigenvalue weighted by molar-refractivity contribution is -0.143. The smallest absolute Gasteiger partial charge is 0.312 e. The number of fused-ring (bicyclic) bond motifs is 6. The fraction of sp³-hybridized carbons (Fsp3) is 0.176. The molecular weight excluding hydrogens is 300 g/mol. The van der Waals surface area contributed by atoms with Crippen LogP contribution in [0.1, 0.15) is 34.1 Å². The molecule has 2 aliphatic carbocycles. The van der Waals surface area contributed by atoms with E-state index < -0.39 is 29.2 Å². The first-order valence-electron chi connectivity index (χ1n) is 7.01. The Bertz CT molecular complexity index is 811. The Kier molecular flexibility index (Phi) is 2.39. The summed E-state index contributed by atoms with van der Waals surface area (Å²) in [7, 11) is 0. The molecule has 4 N–H and O–H groups in total. The van der Waals surface area contributed by atoms with Gasteiger partial charge in [0.1, 0.15) is 23.3 Å². The normalized spacial score (nSPS) is 26.6. The van der Waals surface area contributed by atoms with Gasteiger partial charge in [0.05, 0.1) is 5.41 Å². The van der Waals surface area contributed by atoms with Crippen molar-refractivity contribution in [2.75, 3.05) is 0 Å². The number of hydrogen-bond donors (Lipinski definition) is 4. The van der Waals surface area contributed by atoms with Gasteiger partial charge in [-0.1, -0.05) is 24.3 Å². The third-order valence-electron chi connectivity index (χ3n) is 5.04. The molecule has 0 fully saturated rings. The van der Waals surface area contributed by atoms with Crippen molar-refractivity contribution in [2.24, 2.45) is 0 Å². The molecule has 0 amide bonds. The Balaban J connectivity index is 2.09. The van der Waals surface area contributed by atoms with Gasteiger partial charge in [-0.2, -0.15) is 0 Å². The molecule has 116 valence electrons. The SMILES string of the molecule is O=C(O)C1c2cc(ccc2O)C12c1ccc(O)c(c1)C2C(=O)O. The summed E-state index contributed by atoms with van der Waals surface area (Å²) in [6, 6.07) is 8.94. The largest absolute Gasteiger partial charge is 0.508 e. The van der Waals surface area contributed by atoms with Crippen LogP contribution in [-0.4, -0.2) is 32.4 Å². The Hall–Kier alpha value is -3.02. The summed E-state index contributed by atoms with van der Waals surface area (Å²) in [5.74, 6) is -5.23. The molecule has 0 saturated carbocycles. The van der Waals surface area contributed by atoms with Crippen LogP contribution in [0.15, 0.2) is 36.4 Å². The highest BCUT2D eigenvalue weighted by Gasteiger charge is 2.62. The summed E-state index contributed by atoms with van der Waals surface area (Å²) >= 11 is 0. The zero-order valence-electron chi connectivity index (χ0n) is 11.7. The van der Waals surface area contributed by atoms with E-state index in [-0.39, 0.29) is 22.6 Å². The van der Waals surface area contributed by atoms with Crippen molar-refractivity contribution in [3.63, 3.8) is 0 Å². The van der Waals surface area contributed by atoms with E-state index in [4.69, 9.17) is 0 Å². The van der Waals surface area contributed by atoms with Gasteiger partial charge in [-0.25, -0.2) is 0 Å². The standard InChI is InChI=1S/C17H12O6/c18-11-3-1-7-5-9(11)13(15(20)21)17(7)8-2-4-12(19)10(6-8)14(17)16(22)23/h1-6,13-14,18-19H,(H,20,21)(H,22,23).